The second-order valence-corrected chi connectivity index (χ2v) is 7.34. The zero-order valence-electron chi connectivity index (χ0n) is 16.1. The fourth-order valence-corrected chi connectivity index (χ4v) is 3.73. The van der Waals surface area contributed by atoms with Crippen LogP contribution in [0, 0.1) is 17.2 Å². The molecule has 1 aromatic heterocycles. The topological polar surface area (TPSA) is 82.7 Å². The Labute approximate surface area is 170 Å². The van der Waals surface area contributed by atoms with Crippen molar-refractivity contribution in [3.63, 3.8) is 0 Å². The third-order valence-electron chi connectivity index (χ3n) is 5.33. The zero-order valence-corrected chi connectivity index (χ0v) is 16.1. The maximum atomic E-state index is 12.9. The SMILES string of the molecule is N#Cc1cnn(-c2ccc(NC(=O)c3ccccc3CC3CCNCC3)cc2)c1. The van der Waals surface area contributed by atoms with Crippen molar-refractivity contribution in [1.29, 1.82) is 5.26 Å². The van der Waals surface area contributed by atoms with Crippen molar-refractivity contribution in [3.05, 3.63) is 77.6 Å². The number of carbonyl (C=O) groups is 1. The number of carbonyl (C=O) groups excluding carboxylic acids is 1. The summed E-state index contributed by atoms with van der Waals surface area (Å²) >= 11 is 0. The smallest absolute Gasteiger partial charge is 0.255 e. The van der Waals surface area contributed by atoms with Crippen LogP contribution in [0.4, 0.5) is 5.69 Å². The highest BCUT2D eigenvalue weighted by Crippen LogP contribution is 2.22. The quantitative estimate of drug-likeness (QED) is 0.704. The third-order valence-corrected chi connectivity index (χ3v) is 5.33. The zero-order chi connectivity index (χ0) is 20.1. The van der Waals surface area contributed by atoms with Crippen LogP contribution >= 0.6 is 0 Å². The first-order valence-electron chi connectivity index (χ1n) is 9.88. The molecule has 1 saturated heterocycles. The summed E-state index contributed by atoms with van der Waals surface area (Å²) in [6.07, 6.45) is 6.43. The lowest BCUT2D eigenvalue weighted by atomic mass is 9.89. The third kappa shape index (κ3) is 4.53. The van der Waals surface area contributed by atoms with Gasteiger partial charge in [0.15, 0.2) is 0 Å². The van der Waals surface area contributed by atoms with Gasteiger partial charge in [0.05, 0.1) is 17.4 Å². The van der Waals surface area contributed by atoms with Crippen LogP contribution in [0.3, 0.4) is 0 Å². The van der Waals surface area contributed by atoms with Gasteiger partial charge in [-0.2, -0.15) is 10.4 Å². The van der Waals surface area contributed by atoms with Crippen LogP contribution in [0.2, 0.25) is 0 Å². The number of rotatable bonds is 5. The van der Waals surface area contributed by atoms with Gasteiger partial charge in [0.2, 0.25) is 0 Å². The highest BCUT2D eigenvalue weighted by atomic mass is 16.1. The molecule has 2 N–H and O–H groups in total. The van der Waals surface area contributed by atoms with Crippen molar-refractivity contribution in [2.24, 2.45) is 5.92 Å². The Balaban J connectivity index is 1.46. The summed E-state index contributed by atoms with van der Waals surface area (Å²) in [5.74, 6) is 0.532. The van der Waals surface area contributed by atoms with Gasteiger partial charge in [0.1, 0.15) is 6.07 Å². The number of anilines is 1. The van der Waals surface area contributed by atoms with Gasteiger partial charge in [-0.3, -0.25) is 4.79 Å². The molecule has 2 aromatic carbocycles. The summed E-state index contributed by atoms with van der Waals surface area (Å²) in [5.41, 5.74) is 3.90. The Hall–Kier alpha value is -3.43. The van der Waals surface area contributed by atoms with Crippen LogP contribution in [-0.2, 0) is 6.42 Å². The highest BCUT2D eigenvalue weighted by molar-refractivity contribution is 6.05. The molecule has 0 saturated carbocycles. The van der Waals surface area contributed by atoms with Crippen molar-refractivity contribution in [2.75, 3.05) is 18.4 Å². The normalized spacial score (nSPS) is 14.3. The van der Waals surface area contributed by atoms with Crippen molar-refractivity contribution in [3.8, 4) is 11.8 Å². The summed E-state index contributed by atoms with van der Waals surface area (Å²) in [5, 5.41) is 19.5. The number of benzene rings is 2. The molecule has 1 aliphatic heterocycles. The Morgan fingerprint density at radius 1 is 1.17 bits per heavy atom. The molecule has 0 aliphatic carbocycles. The van der Waals surface area contributed by atoms with Gasteiger partial charge in [0, 0.05) is 17.4 Å². The van der Waals surface area contributed by atoms with E-state index in [1.807, 2.05) is 42.5 Å². The maximum absolute atomic E-state index is 12.9. The van der Waals surface area contributed by atoms with Gasteiger partial charge < -0.3 is 10.6 Å². The summed E-state index contributed by atoms with van der Waals surface area (Å²) in [7, 11) is 0. The van der Waals surface area contributed by atoms with Gasteiger partial charge in [-0.25, -0.2) is 4.68 Å². The molecule has 146 valence electrons. The average Bonchev–Trinajstić information content (AvgIpc) is 3.25. The maximum Gasteiger partial charge on any atom is 0.255 e. The largest absolute Gasteiger partial charge is 0.322 e. The van der Waals surface area contributed by atoms with E-state index < -0.39 is 0 Å². The van der Waals surface area contributed by atoms with Gasteiger partial charge in [-0.15, -0.1) is 0 Å². The van der Waals surface area contributed by atoms with E-state index in [1.165, 1.54) is 6.20 Å². The monoisotopic (exact) mass is 385 g/mol. The van der Waals surface area contributed by atoms with Gasteiger partial charge in [0.25, 0.3) is 5.91 Å². The van der Waals surface area contributed by atoms with Crippen LogP contribution in [0.5, 0.6) is 0 Å². The fraction of sp³-hybridized carbons (Fsp3) is 0.261. The van der Waals surface area contributed by atoms with Crippen molar-refractivity contribution >= 4 is 11.6 Å². The molecule has 0 spiro atoms. The lowest BCUT2D eigenvalue weighted by molar-refractivity contribution is 0.102. The van der Waals surface area contributed by atoms with Crippen molar-refractivity contribution in [1.82, 2.24) is 15.1 Å². The van der Waals surface area contributed by atoms with E-state index >= 15 is 0 Å². The Morgan fingerprint density at radius 3 is 2.66 bits per heavy atom. The Kier molecular flexibility index (Phi) is 5.68. The summed E-state index contributed by atoms with van der Waals surface area (Å²) in [6, 6.07) is 17.4. The number of nitriles is 1. The van der Waals surface area contributed by atoms with E-state index in [9.17, 15) is 4.79 Å². The minimum Gasteiger partial charge on any atom is -0.322 e. The standard InChI is InChI=1S/C23H23N5O/c24-14-18-15-26-28(16-18)21-7-5-20(6-8-21)27-23(29)22-4-2-1-3-19(22)13-17-9-11-25-12-10-17/h1-8,15-17,25H,9-13H2,(H,27,29). The first kappa shape index (κ1) is 18.9. The molecule has 1 amide bonds. The van der Waals surface area contributed by atoms with Gasteiger partial charge in [-0.1, -0.05) is 18.2 Å². The fourth-order valence-electron chi connectivity index (χ4n) is 3.73. The van der Waals surface area contributed by atoms with E-state index in [0.717, 1.165) is 54.9 Å². The predicted octanol–water partition coefficient (Wildman–Crippen LogP) is 3.54. The molecule has 1 aliphatic rings. The molecule has 0 radical (unpaired) electrons. The number of hydrogen-bond acceptors (Lipinski definition) is 4. The summed E-state index contributed by atoms with van der Waals surface area (Å²) in [4.78, 5) is 12.9. The molecule has 0 atom stereocenters. The summed E-state index contributed by atoms with van der Waals surface area (Å²) in [6.45, 7) is 2.11. The number of nitrogens with one attached hydrogen (secondary N) is 2. The lowest BCUT2D eigenvalue weighted by Gasteiger charge is -2.23. The van der Waals surface area contributed by atoms with Crippen LogP contribution in [0.15, 0.2) is 60.9 Å². The molecule has 2 heterocycles. The van der Waals surface area contributed by atoms with Crippen molar-refractivity contribution < 1.29 is 4.79 Å². The van der Waals surface area contributed by atoms with E-state index in [2.05, 4.69) is 27.9 Å². The number of nitrogens with zero attached hydrogens (tertiary/aromatic N) is 3. The second kappa shape index (κ2) is 8.72. The van der Waals surface area contributed by atoms with E-state index in [0.29, 0.717) is 11.5 Å². The van der Waals surface area contributed by atoms with Crippen LogP contribution in [0.1, 0.15) is 34.3 Å². The minimum atomic E-state index is -0.0897. The Bertz CT molecular complexity index is 1030. The molecular weight excluding hydrogens is 362 g/mol. The Morgan fingerprint density at radius 2 is 1.93 bits per heavy atom. The molecule has 0 unspecified atom stereocenters. The lowest BCUT2D eigenvalue weighted by Crippen LogP contribution is -2.29. The number of amides is 1. The average molecular weight is 385 g/mol. The second-order valence-electron chi connectivity index (χ2n) is 7.34. The number of hydrogen-bond donors (Lipinski definition) is 2. The van der Waals surface area contributed by atoms with Gasteiger partial charge in [-0.05, 0) is 74.2 Å². The molecule has 3 aromatic rings. The number of piperidine rings is 1. The van der Waals surface area contributed by atoms with Gasteiger partial charge >= 0.3 is 0 Å². The predicted molar refractivity (Wildman–Crippen MR) is 112 cm³/mol. The first-order valence-corrected chi connectivity index (χ1v) is 9.88. The molecule has 6 nitrogen and oxygen atoms in total. The molecule has 6 heteroatoms. The van der Waals surface area contributed by atoms with Crippen LogP contribution in [-0.4, -0.2) is 28.8 Å². The molecule has 1 fully saturated rings. The molecular formula is C23H23N5O. The molecule has 4 rings (SSSR count). The molecule has 29 heavy (non-hydrogen) atoms. The number of aromatic nitrogens is 2. The van der Waals surface area contributed by atoms with Crippen molar-refractivity contribution in [2.45, 2.75) is 19.3 Å². The van der Waals surface area contributed by atoms with E-state index in [-0.39, 0.29) is 5.91 Å². The summed E-state index contributed by atoms with van der Waals surface area (Å²) < 4.78 is 1.64. The van der Waals surface area contributed by atoms with E-state index in [1.54, 1.807) is 10.9 Å². The van der Waals surface area contributed by atoms with Crippen LogP contribution < -0.4 is 10.6 Å². The first-order chi connectivity index (χ1) is 14.2. The highest BCUT2D eigenvalue weighted by Gasteiger charge is 2.18. The minimum absolute atomic E-state index is 0.0897. The van der Waals surface area contributed by atoms with E-state index in [4.69, 9.17) is 5.26 Å². The van der Waals surface area contributed by atoms with Crippen LogP contribution in [0.25, 0.3) is 5.69 Å². The molecule has 0 bridgehead atoms.